The molecule has 1 fully saturated rings. The van der Waals surface area contributed by atoms with Crippen molar-refractivity contribution in [2.24, 2.45) is 5.92 Å². The number of hydrogen-bond acceptors (Lipinski definition) is 1. The third-order valence-corrected chi connectivity index (χ3v) is 3.67. The van der Waals surface area contributed by atoms with Crippen molar-refractivity contribution in [2.45, 2.75) is 71.3 Å². The minimum absolute atomic E-state index is 0.832. The zero-order chi connectivity index (χ0) is 12.1. The first-order valence-electron chi connectivity index (χ1n) is 7.27. The van der Waals surface area contributed by atoms with Gasteiger partial charge in [-0.2, -0.15) is 0 Å². The molecule has 1 aliphatic rings. The van der Waals surface area contributed by atoms with E-state index in [9.17, 15) is 0 Å². The molecule has 0 atom stereocenters. The number of aromatic nitrogens is 2. The van der Waals surface area contributed by atoms with Gasteiger partial charge in [0, 0.05) is 24.4 Å². The SMILES string of the molecule is CC(C)CCCCCCn1cncc1C1CC1. The number of aryl methyl sites for hydroxylation is 1. The topological polar surface area (TPSA) is 17.8 Å². The molecule has 2 heteroatoms. The first kappa shape index (κ1) is 12.7. The van der Waals surface area contributed by atoms with E-state index in [-0.39, 0.29) is 0 Å². The second-order valence-electron chi connectivity index (χ2n) is 5.88. The van der Waals surface area contributed by atoms with Crippen molar-refractivity contribution in [3.8, 4) is 0 Å². The van der Waals surface area contributed by atoms with Crippen molar-refractivity contribution in [3.63, 3.8) is 0 Å². The molecule has 1 heterocycles. The first-order valence-corrected chi connectivity index (χ1v) is 7.27. The minimum Gasteiger partial charge on any atom is -0.334 e. The fourth-order valence-corrected chi connectivity index (χ4v) is 2.43. The summed E-state index contributed by atoms with van der Waals surface area (Å²) in [6, 6.07) is 0. The van der Waals surface area contributed by atoms with Crippen LogP contribution in [0.5, 0.6) is 0 Å². The smallest absolute Gasteiger partial charge is 0.0948 e. The van der Waals surface area contributed by atoms with Crippen molar-refractivity contribution >= 4 is 0 Å². The van der Waals surface area contributed by atoms with Gasteiger partial charge in [0.2, 0.25) is 0 Å². The molecule has 1 saturated carbocycles. The molecular weight excluding hydrogens is 208 g/mol. The van der Waals surface area contributed by atoms with E-state index < -0.39 is 0 Å². The van der Waals surface area contributed by atoms with Gasteiger partial charge < -0.3 is 4.57 Å². The Morgan fingerprint density at radius 3 is 2.71 bits per heavy atom. The molecule has 0 unspecified atom stereocenters. The van der Waals surface area contributed by atoms with Gasteiger partial charge in [-0.05, 0) is 25.2 Å². The highest BCUT2D eigenvalue weighted by atomic mass is 15.0. The normalized spacial score (nSPS) is 15.7. The van der Waals surface area contributed by atoms with Crippen LogP contribution in [0.3, 0.4) is 0 Å². The molecule has 0 radical (unpaired) electrons. The summed E-state index contributed by atoms with van der Waals surface area (Å²) in [5.74, 6) is 1.70. The monoisotopic (exact) mass is 234 g/mol. The van der Waals surface area contributed by atoms with E-state index in [4.69, 9.17) is 0 Å². The average molecular weight is 234 g/mol. The van der Waals surface area contributed by atoms with Crippen molar-refractivity contribution in [1.29, 1.82) is 0 Å². The quantitative estimate of drug-likeness (QED) is 0.611. The number of rotatable bonds is 8. The third kappa shape index (κ3) is 4.18. The Hall–Kier alpha value is -0.790. The molecule has 0 N–H and O–H groups in total. The standard InChI is InChI=1S/C15H26N2/c1-13(2)7-5-3-4-6-10-17-12-16-11-15(17)14-8-9-14/h11-14H,3-10H2,1-2H3. The summed E-state index contributed by atoms with van der Waals surface area (Å²) in [5, 5.41) is 0. The Morgan fingerprint density at radius 2 is 2.00 bits per heavy atom. The van der Waals surface area contributed by atoms with Crippen LogP contribution in [0.2, 0.25) is 0 Å². The van der Waals surface area contributed by atoms with Crippen LogP contribution in [-0.2, 0) is 6.54 Å². The Labute approximate surface area is 105 Å². The van der Waals surface area contributed by atoms with Gasteiger partial charge >= 0.3 is 0 Å². The molecule has 17 heavy (non-hydrogen) atoms. The molecular formula is C15H26N2. The lowest BCUT2D eigenvalue weighted by Gasteiger charge is -2.07. The van der Waals surface area contributed by atoms with E-state index in [2.05, 4.69) is 29.6 Å². The lowest BCUT2D eigenvalue weighted by molar-refractivity contribution is 0.502. The van der Waals surface area contributed by atoms with E-state index in [1.165, 1.54) is 57.2 Å². The molecule has 96 valence electrons. The number of unbranched alkanes of at least 4 members (excludes halogenated alkanes) is 3. The van der Waals surface area contributed by atoms with Crippen LogP contribution in [0.25, 0.3) is 0 Å². The molecule has 0 spiro atoms. The summed E-state index contributed by atoms with van der Waals surface area (Å²) in [5.41, 5.74) is 1.48. The average Bonchev–Trinajstić information content (AvgIpc) is 3.03. The van der Waals surface area contributed by atoms with E-state index in [0.29, 0.717) is 0 Å². The minimum atomic E-state index is 0.832. The zero-order valence-corrected chi connectivity index (χ0v) is 11.4. The van der Waals surface area contributed by atoms with E-state index in [1.807, 2.05) is 6.33 Å². The summed E-state index contributed by atoms with van der Waals surface area (Å²) >= 11 is 0. The number of hydrogen-bond donors (Lipinski definition) is 0. The van der Waals surface area contributed by atoms with Crippen molar-refractivity contribution < 1.29 is 0 Å². The van der Waals surface area contributed by atoms with Gasteiger partial charge in [-0.3, -0.25) is 0 Å². The van der Waals surface area contributed by atoms with Crippen molar-refractivity contribution in [3.05, 3.63) is 18.2 Å². The van der Waals surface area contributed by atoms with Crippen molar-refractivity contribution in [2.75, 3.05) is 0 Å². The van der Waals surface area contributed by atoms with Gasteiger partial charge in [0.1, 0.15) is 0 Å². The van der Waals surface area contributed by atoms with Gasteiger partial charge in [0.25, 0.3) is 0 Å². The molecule has 1 aromatic heterocycles. The molecule has 1 aromatic rings. The first-order chi connectivity index (χ1) is 8.27. The van der Waals surface area contributed by atoms with Crippen LogP contribution >= 0.6 is 0 Å². The fourth-order valence-electron chi connectivity index (χ4n) is 2.43. The lowest BCUT2D eigenvalue weighted by atomic mass is 10.0. The molecule has 2 nitrogen and oxygen atoms in total. The van der Waals surface area contributed by atoms with Crippen LogP contribution in [0.15, 0.2) is 12.5 Å². The zero-order valence-electron chi connectivity index (χ0n) is 11.4. The molecule has 0 amide bonds. The van der Waals surface area contributed by atoms with Gasteiger partial charge in [0.15, 0.2) is 0 Å². The number of nitrogens with zero attached hydrogens (tertiary/aromatic N) is 2. The lowest BCUT2D eigenvalue weighted by Crippen LogP contribution is -2.00. The highest BCUT2D eigenvalue weighted by Crippen LogP contribution is 2.39. The highest BCUT2D eigenvalue weighted by Gasteiger charge is 2.26. The molecule has 0 aliphatic heterocycles. The fraction of sp³-hybridized carbons (Fsp3) is 0.800. The summed E-state index contributed by atoms with van der Waals surface area (Å²) < 4.78 is 2.38. The van der Waals surface area contributed by atoms with Crippen LogP contribution < -0.4 is 0 Å². The molecule has 2 rings (SSSR count). The third-order valence-electron chi connectivity index (χ3n) is 3.67. The Morgan fingerprint density at radius 1 is 1.24 bits per heavy atom. The van der Waals surface area contributed by atoms with Gasteiger partial charge in [-0.25, -0.2) is 4.98 Å². The van der Waals surface area contributed by atoms with Crippen LogP contribution in [0.4, 0.5) is 0 Å². The summed E-state index contributed by atoms with van der Waals surface area (Å²) in [4.78, 5) is 4.28. The van der Waals surface area contributed by atoms with Gasteiger partial charge in [-0.1, -0.05) is 39.5 Å². The predicted octanol–water partition coefficient (Wildman–Crippen LogP) is 4.37. The van der Waals surface area contributed by atoms with Gasteiger partial charge in [-0.15, -0.1) is 0 Å². The molecule has 0 bridgehead atoms. The Kier molecular flexibility index (Phi) is 4.64. The summed E-state index contributed by atoms with van der Waals surface area (Å²) in [6.45, 7) is 5.80. The molecule has 1 aliphatic carbocycles. The Balaban J connectivity index is 1.59. The highest BCUT2D eigenvalue weighted by molar-refractivity contribution is 5.12. The van der Waals surface area contributed by atoms with Crippen molar-refractivity contribution in [1.82, 2.24) is 9.55 Å². The number of imidazole rings is 1. The second kappa shape index (κ2) is 6.23. The van der Waals surface area contributed by atoms with Crippen LogP contribution in [-0.4, -0.2) is 9.55 Å². The second-order valence-corrected chi connectivity index (χ2v) is 5.88. The predicted molar refractivity (Wildman–Crippen MR) is 72.1 cm³/mol. The maximum absolute atomic E-state index is 4.28. The maximum Gasteiger partial charge on any atom is 0.0948 e. The van der Waals surface area contributed by atoms with E-state index in [0.717, 1.165) is 11.8 Å². The van der Waals surface area contributed by atoms with Crippen LogP contribution in [0, 0.1) is 5.92 Å². The van der Waals surface area contributed by atoms with E-state index >= 15 is 0 Å². The maximum atomic E-state index is 4.28. The molecule has 0 saturated heterocycles. The Bertz CT molecular complexity index is 323. The van der Waals surface area contributed by atoms with Gasteiger partial charge in [0.05, 0.1) is 6.33 Å². The van der Waals surface area contributed by atoms with Crippen LogP contribution in [0.1, 0.15) is 70.4 Å². The summed E-state index contributed by atoms with van der Waals surface area (Å²) in [6.07, 6.45) is 13.7. The summed E-state index contributed by atoms with van der Waals surface area (Å²) in [7, 11) is 0. The molecule has 0 aromatic carbocycles. The largest absolute Gasteiger partial charge is 0.334 e. The van der Waals surface area contributed by atoms with E-state index in [1.54, 1.807) is 0 Å².